The Morgan fingerprint density at radius 2 is 2.05 bits per heavy atom. The smallest absolute Gasteiger partial charge is 0.239 e. The lowest BCUT2D eigenvalue weighted by Crippen LogP contribution is -2.35. The second-order valence-electron chi connectivity index (χ2n) is 6.22. The van der Waals surface area contributed by atoms with Crippen LogP contribution < -0.4 is 10.6 Å². The maximum absolute atomic E-state index is 11.7. The second kappa shape index (κ2) is 6.08. The largest absolute Gasteiger partial charge is 0.358 e. The van der Waals surface area contributed by atoms with Gasteiger partial charge in [-0.25, -0.2) is 0 Å². The number of amides is 1. The SMILES string of the molecule is CNC(=O)Cn1cc(CNC(C)(C)C)c2ccc(Cl)cc21. The van der Waals surface area contributed by atoms with Crippen molar-refractivity contribution in [3.8, 4) is 0 Å². The fourth-order valence-corrected chi connectivity index (χ4v) is 2.37. The number of nitrogens with zero attached hydrogens (tertiary/aromatic N) is 1. The lowest BCUT2D eigenvalue weighted by molar-refractivity contribution is -0.121. The topological polar surface area (TPSA) is 46.1 Å². The molecule has 2 N–H and O–H groups in total. The van der Waals surface area contributed by atoms with Gasteiger partial charge in [0.1, 0.15) is 6.54 Å². The van der Waals surface area contributed by atoms with E-state index >= 15 is 0 Å². The summed E-state index contributed by atoms with van der Waals surface area (Å²) in [5, 5.41) is 7.93. The van der Waals surface area contributed by atoms with Crippen LogP contribution >= 0.6 is 11.6 Å². The third-order valence-electron chi connectivity index (χ3n) is 3.33. The maximum Gasteiger partial charge on any atom is 0.239 e. The molecule has 4 nitrogen and oxygen atoms in total. The number of fused-ring (bicyclic) bond motifs is 1. The number of aromatic nitrogens is 1. The van der Waals surface area contributed by atoms with E-state index in [9.17, 15) is 4.79 Å². The van der Waals surface area contributed by atoms with Crippen LogP contribution in [0.25, 0.3) is 10.9 Å². The van der Waals surface area contributed by atoms with Crippen LogP contribution in [0, 0.1) is 0 Å². The van der Waals surface area contributed by atoms with Crippen LogP contribution in [0.4, 0.5) is 0 Å². The Kier molecular flexibility index (Phi) is 4.59. The Balaban J connectivity index is 2.39. The molecule has 1 aromatic heterocycles. The van der Waals surface area contributed by atoms with E-state index in [1.165, 1.54) is 5.56 Å². The Bertz CT molecular complexity index is 655. The number of hydrogen-bond donors (Lipinski definition) is 2. The molecule has 0 aliphatic rings. The molecule has 114 valence electrons. The van der Waals surface area contributed by atoms with Crippen molar-refractivity contribution in [2.24, 2.45) is 0 Å². The van der Waals surface area contributed by atoms with E-state index in [0.717, 1.165) is 17.4 Å². The first-order valence-corrected chi connectivity index (χ1v) is 7.41. The van der Waals surface area contributed by atoms with Gasteiger partial charge in [0.05, 0.1) is 5.52 Å². The highest BCUT2D eigenvalue weighted by Crippen LogP contribution is 2.25. The molecular weight excluding hydrogens is 286 g/mol. The standard InChI is InChI=1S/C16H22ClN3O/c1-16(2,3)19-8-11-9-20(10-15(21)18-4)14-7-12(17)5-6-13(11)14/h5-7,9,19H,8,10H2,1-4H3,(H,18,21). The van der Waals surface area contributed by atoms with Crippen LogP contribution in [0.5, 0.6) is 0 Å². The van der Waals surface area contributed by atoms with Crippen molar-refractivity contribution in [3.63, 3.8) is 0 Å². The number of hydrogen-bond acceptors (Lipinski definition) is 2. The third-order valence-corrected chi connectivity index (χ3v) is 3.56. The van der Waals surface area contributed by atoms with Crippen molar-refractivity contribution in [1.29, 1.82) is 0 Å². The highest BCUT2D eigenvalue weighted by atomic mass is 35.5. The lowest BCUT2D eigenvalue weighted by atomic mass is 10.1. The normalized spacial score (nSPS) is 11.9. The van der Waals surface area contributed by atoms with Crippen molar-refractivity contribution >= 4 is 28.4 Å². The molecule has 0 atom stereocenters. The Labute approximate surface area is 130 Å². The summed E-state index contributed by atoms with van der Waals surface area (Å²) >= 11 is 6.09. The monoisotopic (exact) mass is 307 g/mol. The first-order chi connectivity index (χ1) is 9.80. The van der Waals surface area contributed by atoms with E-state index in [1.807, 2.05) is 29.0 Å². The number of rotatable bonds is 4. The summed E-state index contributed by atoms with van der Waals surface area (Å²) < 4.78 is 1.94. The van der Waals surface area contributed by atoms with Gasteiger partial charge in [0.2, 0.25) is 5.91 Å². The number of likely N-dealkylation sites (N-methyl/N-ethyl adjacent to an activating group) is 1. The van der Waals surface area contributed by atoms with Crippen molar-refractivity contribution in [2.45, 2.75) is 39.4 Å². The molecule has 0 aliphatic heterocycles. The average molecular weight is 308 g/mol. The van der Waals surface area contributed by atoms with Gasteiger partial charge in [0.25, 0.3) is 0 Å². The van der Waals surface area contributed by atoms with Gasteiger partial charge >= 0.3 is 0 Å². The molecule has 0 aliphatic carbocycles. The molecule has 0 saturated heterocycles. The average Bonchev–Trinajstić information content (AvgIpc) is 2.73. The van der Waals surface area contributed by atoms with Crippen molar-refractivity contribution in [1.82, 2.24) is 15.2 Å². The first kappa shape index (κ1) is 15.9. The molecule has 2 aromatic rings. The van der Waals surface area contributed by atoms with Gasteiger partial charge in [-0.3, -0.25) is 4.79 Å². The summed E-state index contributed by atoms with van der Waals surface area (Å²) in [6.07, 6.45) is 2.02. The van der Waals surface area contributed by atoms with E-state index in [0.29, 0.717) is 11.6 Å². The van der Waals surface area contributed by atoms with Crippen molar-refractivity contribution in [2.75, 3.05) is 7.05 Å². The molecule has 0 unspecified atom stereocenters. The summed E-state index contributed by atoms with van der Waals surface area (Å²) in [5.41, 5.74) is 2.19. The summed E-state index contributed by atoms with van der Waals surface area (Å²) in [5.74, 6) is -0.0257. The molecule has 1 heterocycles. The van der Waals surface area contributed by atoms with Crippen LogP contribution in [0.1, 0.15) is 26.3 Å². The summed E-state index contributed by atoms with van der Waals surface area (Å²) in [6.45, 7) is 7.44. The third kappa shape index (κ3) is 3.99. The molecule has 0 saturated carbocycles. The molecule has 0 bridgehead atoms. The number of benzene rings is 1. The number of halogens is 1. The minimum atomic E-state index is -0.0257. The zero-order valence-corrected chi connectivity index (χ0v) is 13.7. The van der Waals surface area contributed by atoms with Gasteiger partial charge in [-0.05, 0) is 38.5 Å². The van der Waals surface area contributed by atoms with Gasteiger partial charge in [0.15, 0.2) is 0 Å². The highest BCUT2D eigenvalue weighted by molar-refractivity contribution is 6.31. The molecule has 0 fully saturated rings. The zero-order valence-electron chi connectivity index (χ0n) is 13.0. The second-order valence-corrected chi connectivity index (χ2v) is 6.66. The van der Waals surface area contributed by atoms with E-state index in [-0.39, 0.29) is 11.4 Å². The Hall–Kier alpha value is -1.52. The summed E-state index contributed by atoms with van der Waals surface area (Å²) in [7, 11) is 1.64. The fourth-order valence-electron chi connectivity index (χ4n) is 2.21. The van der Waals surface area contributed by atoms with Gasteiger partial charge < -0.3 is 15.2 Å². The number of carbonyl (C=O) groups is 1. The minimum absolute atomic E-state index is 0.0257. The van der Waals surface area contributed by atoms with Crippen LogP contribution in [-0.2, 0) is 17.9 Å². The number of carbonyl (C=O) groups excluding carboxylic acids is 1. The van der Waals surface area contributed by atoms with Gasteiger partial charge in [0, 0.05) is 35.7 Å². The molecule has 5 heteroatoms. The Morgan fingerprint density at radius 3 is 2.67 bits per heavy atom. The quantitative estimate of drug-likeness (QED) is 0.912. The van der Waals surface area contributed by atoms with Gasteiger partial charge in [-0.2, -0.15) is 0 Å². The predicted molar refractivity (Wildman–Crippen MR) is 87.6 cm³/mol. The van der Waals surface area contributed by atoms with Crippen molar-refractivity contribution in [3.05, 3.63) is 35.0 Å². The van der Waals surface area contributed by atoms with Crippen LogP contribution in [0.2, 0.25) is 5.02 Å². The van der Waals surface area contributed by atoms with Crippen LogP contribution in [-0.4, -0.2) is 23.1 Å². The fraction of sp³-hybridized carbons (Fsp3) is 0.438. The van der Waals surface area contributed by atoms with E-state index < -0.39 is 0 Å². The van der Waals surface area contributed by atoms with E-state index in [2.05, 4.69) is 31.4 Å². The lowest BCUT2D eigenvalue weighted by Gasteiger charge is -2.20. The molecule has 0 radical (unpaired) electrons. The first-order valence-electron chi connectivity index (χ1n) is 7.03. The Morgan fingerprint density at radius 1 is 1.33 bits per heavy atom. The predicted octanol–water partition coefficient (Wildman–Crippen LogP) is 2.93. The maximum atomic E-state index is 11.7. The van der Waals surface area contributed by atoms with Crippen LogP contribution in [0.15, 0.2) is 24.4 Å². The van der Waals surface area contributed by atoms with Gasteiger partial charge in [-0.15, -0.1) is 0 Å². The highest BCUT2D eigenvalue weighted by Gasteiger charge is 2.14. The molecule has 1 amide bonds. The molecule has 21 heavy (non-hydrogen) atoms. The summed E-state index contributed by atoms with van der Waals surface area (Å²) in [6, 6.07) is 5.80. The molecule has 2 rings (SSSR count). The molecule has 0 spiro atoms. The van der Waals surface area contributed by atoms with E-state index in [1.54, 1.807) is 7.05 Å². The summed E-state index contributed by atoms with van der Waals surface area (Å²) in [4.78, 5) is 11.7. The van der Waals surface area contributed by atoms with Crippen LogP contribution in [0.3, 0.4) is 0 Å². The minimum Gasteiger partial charge on any atom is -0.358 e. The van der Waals surface area contributed by atoms with E-state index in [4.69, 9.17) is 11.6 Å². The molecular formula is C16H22ClN3O. The molecule has 1 aromatic carbocycles. The van der Waals surface area contributed by atoms with Gasteiger partial charge in [-0.1, -0.05) is 17.7 Å². The number of nitrogens with one attached hydrogen (secondary N) is 2. The van der Waals surface area contributed by atoms with Crippen molar-refractivity contribution < 1.29 is 4.79 Å². The zero-order chi connectivity index (χ0) is 15.6.